The highest BCUT2D eigenvalue weighted by molar-refractivity contribution is 6.11. The molecule has 0 spiro atoms. The molecule has 0 saturated heterocycles. The molecule has 1 amide bonds. The van der Waals surface area contributed by atoms with E-state index in [1.165, 1.54) is 38.5 Å². The van der Waals surface area contributed by atoms with Crippen LogP contribution >= 0.6 is 0 Å². The molecule has 2 aromatic heterocycles. The van der Waals surface area contributed by atoms with Crippen LogP contribution in [0.5, 0.6) is 5.75 Å². The average Bonchev–Trinajstić information content (AvgIpc) is 3.33. The van der Waals surface area contributed by atoms with Gasteiger partial charge in [0.05, 0.1) is 24.9 Å². The first-order valence-corrected chi connectivity index (χ1v) is 12.3. The number of nitrogens with one attached hydrogen (secondary N) is 1. The summed E-state index contributed by atoms with van der Waals surface area (Å²) in [6, 6.07) is 11.6. The Morgan fingerprint density at radius 2 is 1.85 bits per heavy atom. The van der Waals surface area contributed by atoms with E-state index in [0.29, 0.717) is 30.1 Å². The van der Waals surface area contributed by atoms with E-state index in [9.17, 15) is 9.59 Å². The molecule has 34 heavy (non-hydrogen) atoms. The number of hydrogen-bond donors (Lipinski definition) is 1. The molecule has 0 radical (unpaired) electrons. The standard InChI is InChI=1S/C19H18N2O4.C8H17N/c1-3-24-14-6-4-13(5-7-14)21-18(23)16-10-17-15(8-9-25-17)20(16)11-19(21,2)12-22;1-9-8-6-4-2-3-5-7-8/h4-10,12H,3,11H2,1-2H3;8-9H,2-7H2,1H3. The molecule has 7 heteroatoms. The summed E-state index contributed by atoms with van der Waals surface area (Å²) < 4.78 is 12.7. The number of rotatable bonds is 5. The Kier molecular flexibility index (Phi) is 7.41. The second kappa shape index (κ2) is 10.5. The highest BCUT2D eigenvalue weighted by atomic mass is 16.5. The fourth-order valence-corrected chi connectivity index (χ4v) is 4.99. The number of aldehydes is 1. The van der Waals surface area contributed by atoms with E-state index in [1.54, 1.807) is 48.4 Å². The second-order valence-corrected chi connectivity index (χ2v) is 9.31. The predicted octanol–water partition coefficient (Wildman–Crippen LogP) is 5.18. The summed E-state index contributed by atoms with van der Waals surface area (Å²) in [5.41, 5.74) is 1.66. The van der Waals surface area contributed by atoms with Gasteiger partial charge in [0.1, 0.15) is 23.3 Å². The van der Waals surface area contributed by atoms with E-state index in [0.717, 1.165) is 23.6 Å². The van der Waals surface area contributed by atoms with Crippen molar-refractivity contribution in [2.24, 2.45) is 0 Å². The lowest BCUT2D eigenvalue weighted by molar-refractivity contribution is -0.112. The third-order valence-electron chi connectivity index (χ3n) is 6.86. The lowest BCUT2D eigenvalue weighted by Crippen LogP contribution is -2.58. The molecule has 1 aliphatic carbocycles. The Morgan fingerprint density at radius 3 is 2.47 bits per heavy atom. The monoisotopic (exact) mass is 465 g/mol. The number of nitrogens with zero attached hydrogens (tertiary/aromatic N) is 2. The number of aromatic nitrogens is 1. The molecule has 5 rings (SSSR count). The molecule has 2 aliphatic rings. The lowest BCUT2D eigenvalue weighted by atomic mass is 9.97. The van der Waals surface area contributed by atoms with Gasteiger partial charge >= 0.3 is 0 Å². The number of carbonyl (C=O) groups excluding carboxylic acids is 2. The van der Waals surface area contributed by atoms with Crippen LogP contribution in [-0.2, 0) is 11.3 Å². The minimum atomic E-state index is -0.986. The van der Waals surface area contributed by atoms with Gasteiger partial charge in [-0.25, -0.2) is 0 Å². The van der Waals surface area contributed by atoms with Crippen molar-refractivity contribution in [1.29, 1.82) is 0 Å². The number of ether oxygens (including phenoxy) is 1. The fraction of sp³-hybridized carbons (Fsp3) is 0.481. The molecule has 1 aromatic carbocycles. The number of hydrogen-bond acceptors (Lipinski definition) is 5. The molecular weight excluding hydrogens is 430 g/mol. The summed E-state index contributed by atoms with van der Waals surface area (Å²) in [6.45, 7) is 4.62. The Morgan fingerprint density at radius 1 is 1.15 bits per heavy atom. The Bertz CT molecular complexity index is 1110. The molecule has 1 unspecified atom stereocenters. The maximum absolute atomic E-state index is 13.1. The van der Waals surface area contributed by atoms with Crippen molar-refractivity contribution in [3.05, 3.63) is 48.4 Å². The molecule has 3 heterocycles. The van der Waals surface area contributed by atoms with Crippen molar-refractivity contribution in [3.8, 4) is 5.75 Å². The van der Waals surface area contributed by atoms with E-state index in [2.05, 4.69) is 12.4 Å². The zero-order valence-corrected chi connectivity index (χ0v) is 20.4. The predicted molar refractivity (Wildman–Crippen MR) is 134 cm³/mol. The van der Waals surface area contributed by atoms with Crippen LogP contribution in [0, 0.1) is 0 Å². The molecule has 0 bridgehead atoms. The molecule has 1 aliphatic heterocycles. The molecule has 3 aromatic rings. The van der Waals surface area contributed by atoms with Crippen molar-refractivity contribution in [2.75, 3.05) is 18.6 Å². The summed E-state index contributed by atoms with van der Waals surface area (Å²) in [7, 11) is 2.08. The van der Waals surface area contributed by atoms with E-state index in [4.69, 9.17) is 9.15 Å². The van der Waals surface area contributed by atoms with Crippen molar-refractivity contribution < 1.29 is 18.7 Å². The molecule has 1 saturated carbocycles. The normalized spacial score (nSPS) is 20.9. The number of furan rings is 1. The Labute approximate surface area is 201 Å². The maximum Gasteiger partial charge on any atom is 0.275 e. The SMILES string of the molecule is CCOc1ccc(N2C(=O)c3cc4occc4n3CC2(C)C=O)cc1.CNC1CCCCCC1. The average molecular weight is 466 g/mol. The Hall–Kier alpha value is -3.06. The topological polar surface area (TPSA) is 76.7 Å². The van der Waals surface area contributed by atoms with Gasteiger partial charge in [-0.3, -0.25) is 9.69 Å². The minimum Gasteiger partial charge on any atom is -0.494 e. The molecule has 182 valence electrons. The van der Waals surface area contributed by atoms with Gasteiger partial charge in [0, 0.05) is 23.9 Å². The number of fused-ring (bicyclic) bond motifs is 3. The van der Waals surface area contributed by atoms with Gasteiger partial charge < -0.3 is 23.8 Å². The van der Waals surface area contributed by atoms with E-state index >= 15 is 0 Å². The van der Waals surface area contributed by atoms with E-state index < -0.39 is 5.54 Å². The highest BCUT2D eigenvalue weighted by Gasteiger charge is 2.43. The second-order valence-electron chi connectivity index (χ2n) is 9.31. The summed E-state index contributed by atoms with van der Waals surface area (Å²) in [6.07, 6.45) is 11.0. The zero-order chi connectivity index (χ0) is 24.1. The van der Waals surface area contributed by atoms with Crippen molar-refractivity contribution in [1.82, 2.24) is 9.88 Å². The summed E-state index contributed by atoms with van der Waals surface area (Å²) in [5.74, 6) is 0.501. The van der Waals surface area contributed by atoms with Crippen LogP contribution in [0.3, 0.4) is 0 Å². The first kappa shape index (κ1) is 24.1. The third-order valence-corrected chi connectivity index (χ3v) is 6.86. The first-order chi connectivity index (χ1) is 16.5. The number of amides is 1. The van der Waals surface area contributed by atoms with Crippen LogP contribution in [-0.4, -0.2) is 42.0 Å². The quantitative estimate of drug-likeness (QED) is 0.415. The number of carbonyl (C=O) groups is 2. The molecule has 1 fully saturated rings. The number of benzene rings is 1. The van der Waals surface area contributed by atoms with Gasteiger partial charge in [-0.15, -0.1) is 0 Å². The van der Waals surface area contributed by atoms with Crippen LogP contribution in [0.1, 0.15) is 62.9 Å². The van der Waals surface area contributed by atoms with Gasteiger partial charge in [0.15, 0.2) is 5.58 Å². The third kappa shape index (κ3) is 4.75. The van der Waals surface area contributed by atoms with E-state index in [-0.39, 0.29) is 5.91 Å². The minimum absolute atomic E-state index is 0.226. The molecular formula is C27H35N3O4. The van der Waals surface area contributed by atoms with Crippen molar-refractivity contribution in [2.45, 2.75) is 70.5 Å². The summed E-state index contributed by atoms with van der Waals surface area (Å²) in [4.78, 5) is 26.6. The largest absolute Gasteiger partial charge is 0.494 e. The van der Waals surface area contributed by atoms with E-state index in [1.807, 2.05) is 17.6 Å². The summed E-state index contributed by atoms with van der Waals surface area (Å²) >= 11 is 0. The van der Waals surface area contributed by atoms with Crippen LogP contribution in [0.25, 0.3) is 11.1 Å². The van der Waals surface area contributed by atoms with Crippen molar-refractivity contribution in [3.63, 3.8) is 0 Å². The summed E-state index contributed by atoms with van der Waals surface area (Å²) in [5, 5.41) is 3.34. The van der Waals surface area contributed by atoms with Gasteiger partial charge in [0.25, 0.3) is 5.91 Å². The van der Waals surface area contributed by atoms with Crippen LogP contribution in [0.2, 0.25) is 0 Å². The van der Waals surface area contributed by atoms with Gasteiger partial charge in [-0.1, -0.05) is 25.7 Å². The molecule has 7 nitrogen and oxygen atoms in total. The Balaban J connectivity index is 0.000000257. The fourth-order valence-electron chi connectivity index (χ4n) is 4.99. The molecule has 1 atom stereocenters. The smallest absolute Gasteiger partial charge is 0.275 e. The van der Waals surface area contributed by atoms with Crippen LogP contribution < -0.4 is 15.0 Å². The van der Waals surface area contributed by atoms with Crippen LogP contribution in [0.4, 0.5) is 5.69 Å². The van der Waals surface area contributed by atoms with Gasteiger partial charge in [0.2, 0.25) is 0 Å². The highest BCUT2D eigenvalue weighted by Crippen LogP contribution is 2.35. The lowest BCUT2D eigenvalue weighted by Gasteiger charge is -2.41. The number of anilines is 1. The van der Waals surface area contributed by atoms with Gasteiger partial charge in [-0.2, -0.15) is 0 Å². The van der Waals surface area contributed by atoms with Crippen LogP contribution in [0.15, 0.2) is 47.1 Å². The molecule has 1 N–H and O–H groups in total. The van der Waals surface area contributed by atoms with Gasteiger partial charge in [-0.05, 0) is 58.0 Å². The van der Waals surface area contributed by atoms with Crippen molar-refractivity contribution >= 4 is 29.0 Å². The zero-order valence-electron chi connectivity index (χ0n) is 20.4. The first-order valence-electron chi connectivity index (χ1n) is 12.3. The maximum atomic E-state index is 13.1.